The topological polar surface area (TPSA) is 63.0 Å². The van der Waals surface area contributed by atoms with E-state index in [9.17, 15) is 18.0 Å². The zero-order valence-electron chi connectivity index (χ0n) is 20.7. The molecule has 0 saturated carbocycles. The van der Waals surface area contributed by atoms with Crippen molar-refractivity contribution < 1.29 is 22.7 Å². The summed E-state index contributed by atoms with van der Waals surface area (Å²) >= 11 is 6.06. The van der Waals surface area contributed by atoms with Gasteiger partial charge in [0.1, 0.15) is 5.75 Å². The summed E-state index contributed by atoms with van der Waals surface area (Å²) in [4.78, 5) is 20.1. The number of para-hydroxylation sites is 1. The van der Waals surface area contributed by atoms with Crippen molar-refractivity contribution in [1.82, 2.24) is 19.5 Å². The van der Waals surface area contributed by atoms with Gasteiger partial charge in [0.15, 0.2) is 16.8 Å². The van der Waals surface area contributed by atoms with Gasteiger partial charge in [0, 0.05) is 30.9 Å². The number of rotatable bonds is 6. The van der Waals surface area contributed by atoms with Crippen LogP contribution in [0, 0.1) is 0 Å². The van der Waals surface area contributed by atoms with Crippen LogP contribution in [0.25, 0.3) is 5.65 Å². The molecule has 5 rings (SSSR count). The van der Waals surface area contributed by atoms with E-state index in [0.717, 1.165) is 34.8 Å². The van der Waals surface area contributed by atoms with Gasteiger partial charge in [0.05, 0.1) is 31.1 Å². The first-order chi connectivity index (χ1) is 18.2. The SMILES string of the molecule is COc1ccccc1CC(=O)N(C)[C@@H](c1ccc(N2CCCc3c2cnc2cc(Cl)nn32)cc1)C(F)(F)F. The predicted octanol–water partition coefficient (Wildman–Crippen LogP) is 5.78. The van der Waals surface area contributed by atoms with Crippen LogP contribution in [0.5, 0.6) is 5.75 Å². The molecule has 0 aliphatic carbocycles. The van der Waals surface area contributed by atoms with E-state index in [1.165, 1.54) is 26.3 Å². The lowest BCUT2D eigenvalue weighted by Crippen LogP contribution is -2.40. The molecule has 0 fully saturated rings. The zero-order valence-corrected chi connectivity index (χ0v) is 21.5. The minimum absolute atomic E-state index is 0.0261. The molecule has 0 bridgehead atoms. The molecule has 1 aliphatic heterocycles. The lowest BCUT2D eigenvalue weighted by molar-refractivity contribution is -0.188. The average Bonchev–Trinajstić information content (AvgIpc) is 3.29. The number of likely N-dealkylation sites (N-methyl/N-ethyl adjacent to an activating group) is 1. The Hall–Kier alpha value is -3.79. The lowest BCUT2D eigenvalue weighted by atomic mass is 10.0. The van der Waals surface area contributed by atoms with E-state index in [4.69, 9.17) is 16.3 Å². The number of amides is 1. The van der Waals surface area contributed by atoms with E-state index >= 15 is 0 Å². The smallest absolute Gasteiger partial charge is 0.413 e. The fourth-order valence-corrected chi connectivity index (χ4v) is 5.12. The van der Waals surface area contributed by atoms with Crippen LogP contribution in [0.15, 0.2) is 60.8 Å². The van der Waals surface area contributed by atoms with Gasteiger partial charge in [-0.1, -0.05) is 41.9 Å². The Balaban J connectivity index is 1.42. The normalized spacial score (nSPS) is 14.3. The van der Waals surface area contributed by atoms with Crippen molar-refractivity contribution in [2.24, 2.45) is 0 Å². The molecule has 38 heavy (non-hydrogen) atoms. The molecule has 0 N–H and O–H groups in total. The van der Waals surface area contributed by atoms with Gasteiger partial charge >= 0.3 is 6.18 Å². The number of methoxy groups -OCH3 is 1. The molecule has 1 amide bonds. The molecule has 0 unspecified atom stereocenters. The molecule has 7 nitrogen and oxygen atoms in total. The largest absolute Gasteiger partial charge is 0.496 e. The Bertz CT molecular complexity index is 1470. The molecule has 11 heteroatoms. The molecule has 4 aromatic rings. The van der Waals surface area contributed by atoms with Gasteiger partial charge in [0.25, 0.3) is 0 Å². The summed E-state index contributed by atoms with van der Waals surface area (Å²) in [5.74, 6) is -0.216. The van der Waals surface area contributed by atoms with E-state index < -0.39 is 18.1 Å². The number of fused-ring (bicyclic) bond motifs is 3. The molecule has 3 heterocycles. The molecule has 1 atom stereocenters. The zero-order chi connectivity index (χ0) is 27.0. The summed E-state index contributed by atoms with van der Waals surface area (Å²) in [6.07, 6.45) is -1.54. The number of aromatic nitrogens is 3. The van der Waals surface area contributed by atoms with Crippen molar-refractivity contribution in [2.75, 3.05) is 25.6 Å². The summed E-state index contributed by atoms with van der Waals surface area (Å²) in [6.45, 7) is 0.675. The second kappa shape index (κ2) is 10.2. The third-order valence-corrected chi connectivity index (χ3v) is 6.95. The molecule has 0 radical (unpaired) electrons. The van der Waals surface area contributed by atoms with Gasteiger partial charge in [0.2, 0.25) is 5.91 Å². The van der Waals surface area contributed by atoms with Gasteiger partial charge in [-0.25, -0.2) is 9.50 Å². The van der Waals surface area contributed by atoms with Crippen molar-refractivity contribution in [2.45, 2.75) is 31.5 Å². The number of benzene rings is 2. The Labute approximate surface area is 222 Å². The van der Waals surface area contributed by atoms with Crippen molar-refractivity contribution in [3.8, 4) is 5.75 Å². The predicted molar refractivity (Wildman–Crippen MR) is 138 cm³/mol. The molecular weight excluding hydrogens is 519 g/mol. The van der Waals surface area contributed by atoms with Gasteiger partial charge < -0.3 is 14.5 Å². The first kappa shape index (κ1) is 25.8. The molecule has 2 aromatic heterocycles. The summed E-state index contributed by atoms with van der Waals surface area (Å²) < 4.78 is 49.7. The number of carbonyl (C=O) groups excluding carboxylic acids is 1. The Morgan fingerprint density at radius 3 is 2.63 bits per heavy atom. The summed E-state index contributed by atoms with van der Waals surface area (Å²) in [5, 5.41) is 4.66. The van der Waals surface area contributed by atoms with Crippen LogP contribution in [0.2, 0.25) is 5.15 Å². The van der Waals surface area contributed by atoms with Crippen LogP contribution < -0.4 is 9.64 Å². The standard InChI is InChI=1S/C27H25ClF3N5O2/c1-34(25(37)14-18-6-3-4-8-22(18)38-2)26(27(29,30)31)17-9-11-19(12-10-17)35-13-5-7-20-21(35)16-32-24-15-23(28)33-36(20)24/h3-4,6,8-12,15-16,26H,5,7,13-14H2,1-2H3/t26-/m0/s1. The number of hydrogen-bond donors (Lipinski definition) is 0. The maximum atomic E-state index is 14.2. The molecule has 2 aromatic carbocycles. The minimum atomic E-state index is -4.67. The molecular formula is C27H25ClF3N5O2. The minimum Gasteiger partial charge on any atom is -0.496 e. The third kappa shape index (κ3) is 4.88. The number of carbonyl (C=O) groups is 1. The van der Waals surface area contributed by atoms with Crippen molar-refractivity contribution in [1.29, 1.82) is 0 Å². The Kier molecular flexibility index (Phi) is 6.92. The van der Waals surface area contributed by atoms with E-state index in [0.29, 0.717) is 28.7 Å². The highest BCUT2D eigenvalue weighted by atomic mass is 35.5. The quantitative estimate of drug-likeness (QED) is 0.308. The number of nitrogens with zero attached hydrogens (tertiary/aromatic N) is 5. The van der Waals surface area contributed by atoms with E-state index in [1.807, 2.05) is 4.90 Å². The van der Waals surface area contributed by atoms with Gasteiger partial charge in [-0.15, -0.1) is 0 Å². The highest BCUT2D eigenvalue weighted by Crippen LogP contribution is 2.39. The molecule has 0 spiro atoms. The monoisotopic (exact) mass is 543 g/mol. The fraction of sp³-hybridized carbons (Fsp3) is 0.296. The Morgan fingerprint density at radius 2 is 1.92 bits per heavy atom. The maximum absolute atomic E-state index is 14.2. The van der Waals surface area contributed by atoms with Crippen LogP contribution in [0.4, 0.5) is 24.5 Å². The van der Waals surface area contributed by atoms with E-state index in [2.05, 4.69) is 10.1 Å². The second-order valence-corrected chi connectivity index (χ2v) is 9.50. The first-order valence-electron chi connectivity index (χ1n) is 12.0. The number of alkyl halides is 3. The summed E-state index contributed by atoms with van der Waals surface area (Å²) in [5.41, 5.74) is 3.62. The average molecular weight is 544 g/mol. The highest BCUT2D eigenvalue weighted by Gasteiger charge is 2.45. The van der Waals surface area contributed by atoms with Crippen molar-refractivity contribution in [3.05, 3.63) is 82.8 Å². The number of halogens is 4. The van der Waals surface area contributed by atoms with E-state index in [1.54, 1.807) is 53.2 Å². The van der Waals surface area contributed by atoms with Crippen LogP contribution in [0.1, 0.15) is 29.3 Å². The number of anilines is 2. The molecule has 198 valence electrons. The van der Waals surface area contributed by atoms with Crippen LogP contribution in [0.3, 0.4) is 0 Å². The van der Waals surface area contributed by atoms with Gasteiger partial charge in [-0.2, -0.15) is 18.3 Å². The lowest BCUT2D eigenvalue weighted by Gasteiger charge is -2.33. The number of hydrogen-bond acceptors (Lipinski definition) is 5. The molecule has 1 aliphatic rings. The Morgan fingerprint density at radius 1 is 1.18 bits per heavy atom. The third-order valence-electron chi connectivity index (χ3n) is 6.76. The maximum Gasteiger partial charge on any atom is 0.413 e. The van der Waals surface area contributed by atoms with Crippen LogP contribution in [-0.2, 0) is 17.6 Å². The number of ether oxygens (including phenoxy) is 1. The van der Waals surface area contributed by atoms with Gasteiger partial charge in [-0.05, 0) is 36.6 Å². The second-order valence-electron chi connectivity index (χ2n) is 9.11. The summed E-state index contributed by atoms with van der Waals surface area (Å²) in [6, 6.07) is 12.5. The first-order valence-corrected chi connectivity index (χ1v) is 12.4. The molecule has 0 saturated heterocycles. The van der Waals surface area contributed by atoms with Gasteiger partial charge in [-0.3, -0.25) is 4.79 Å². The fourth-order valence-electron chi connectivity index (χ4n) is 4.95. The van der Waals surface area contributed by atoms with Crippen molar-refractivity contribution in [3.63, 3.8) is 0 Å². The summed E-state index contributed by atoms with van der Waals surface area (Å²) in [7, 11) is 2.63. The van der Waals surface area contributed by atoms with Crippen LogP contribution >= 0.6 is 11.6 Å². The highest BCUT2D eigenvalue weighted by molar-refractivity contribution is 6.29. The van der Waals surface area contributed by atoms with E-state index in [-0.39, 0.29) is 12.0 Å². The van der Waals surface area contributed by atoms with Crippen molar-refractivity contribution >= 4 is 34.5 Å². The number of aryl methyl sites for hydroxylation is 1. The van der Waals surface area contributed by atoms with Crippen LogP contribution in [-0.4, -0.2) is 52.3 Å².